The minimum atomic E-state index is -0.821. The third-order valence-electron chi connectivity index (χ3n) is 7.72. The second-order valence-electron chi connectivity index (χ2n) is 11.7. The van der Waals surface area contributed by atoms with Gasteiger partial charge in [-0.05, 0) is 19.8 Å². The number of aliphatic hydroxyl groups excluding tert-OH is 2. The summed E-state index contributed by atoms with van der Waals surface area (Å²) < 4.78 is 11.5. The van der Waals surface area contributed by atoms with E-state index in [2.05, 4.69) is 20.8 Å². The van der Waals surface area contributed by atoms with Crippen molar-refractivity contribution in [3.63, 3.8) is 0 Å². The maximum Gasteiger partial charge on any atom is 0.0859 e. The molecule has 0 aliphatic carbocycles. The molecule has 0 saturated carbocycles. The molecule has 3 unspecified atom stereocenters. The lowest BCUT2D eigenvalue weighted by Crippen LogP contribution is -2.33. The smallest absolute Gasteiger partial charge is 0.0859 e. The van der Waals surface area contributed by atoms with Gasteiger partial charge in [0.1, 0.15) is 0 Å². The van der Waals surface area contributed by atoms with Gasteiger partial charge in [-0.1, -0.05) is 155 Å². The van der Waals surface area contributed by atoms with E-state index < -0.39 is 18.3 Å². The second-order valence-corrected chi connectivity index (χ2v) is 11.7. The molecule has 0 fully saturated rings. The van der Waals surface area contributed by atoms with E-state index in [1.165, 1.54) is 141 Å². The fraction of sp³-hybridized carbons (Fsp3) is 0.971. The third-order valence-corrected chi connectivity index (χ3v) is 7.72. The van der Waals surface area contributed by atoms with E-state index in [1.54, 1.807) is 0 Å². The molecule has 2 N–H and O–H groups in total. The highest BCUT2D eigenvalue weighted by atomic mass is 16.5. The summed E-state index contributed by atoms with van der Waals surface area (Å²) in [5.74, 6) is 0. The van der Waals surface area contributed by atoms with E-state index in [-0.39, 0.29) is 0 Å². The number of hydrogen-bond donors (Lipinski definition) is 2. The summed E-state index contributed by atoms with van der Waals surface area (Å²) in [7, 11) is 0. The van der Waals surface area contributed by atoms with Crippen LogP contribution in [0, 0.1) is 6.92 Å². The van der Waals surface area contributed by atoms with Gasteiger partial charge >= 0.3 is 0 Å². The minimum Gasteiger partial charge on any atom is -0.391 e. The Morgan fingerprint density at radius 3 is 1.21 bits per heavy atom. The number of aliphatic hydroxyl groups is 2. The zero-order valence-corrected chi connectivity index (χ0v) is 25.9. The summed E-state index contributed by atoms with van der Waals surface area (Å²) >= 11 is 0. The van der Waals surface area contributed by atoms with Gasteiger partial charge in [0.15, 0.2) is 0 Å². The number of unbranched alkanes of at least 4 members (excludes halogenated alkanes) is 22. The van der Waals surface area contributed by atoms with Crippen LogP contribution < -0.4 is 0 Å². The molecule has 4 nitrogen and oxygen atoms in total. The first kappa shape index (κ1) is 37.8. The van der Waals surface area contributed by atoms with Gasteiger partial charge in [0.2, 0.25) is 0 Å². The Labute approximate surface area is 239 Å². The molecule has 1 radical (unpaired) electrons. The Morgan fingerprint density at radius 2 is 0.842 bits per heavy atom. The molecule has 4 heteroatoms. The van der Waals surface area contributed by atoms with Crippen molar-refractivity contribution in [1.82, 2.24) is 0 Å². The average molecular weight is 542 g/mol. The summed E-state index contributed by atoms with van der Waals surface area (Å²) in [6.45, 7) is 9.90. The van der Waals surface area contributed by atoms with Crippen molar-refractivity contribution in [3.05, 3.63) is 6.92 Å². The van der Waals surface area contributed by atoms with E-state index in [1.807, 2.05) is 0 Å². The number of ether oxygens (including phenoxy) is 2. The molecule has 0 aliphatic rings. The maximum absolute atomic E-state index is 10.3. The monoisotopic (exact) mass is 542 g/mol. The SMILES string of the molecule is [CH2]C(O)C(CC(O)COCCCCCCCCCCCCCC)OCCCCCCCCCCCCCC. The molecule has 229 valence electrons. The summed E-state index contributed by atoms with van der Waals surface area (Å²) in [4.78, 5) is 0. The van der Waals surface area contributed by atoms with Crippen LogP contribution in [0.1, 0.15) is 174 Å². The van der Waals surface area contributed by atoms with Crippen molar-refractivity contribution in [1.29, 1.82) is 0 Å². The molecular formula is C34H69O4. The van der Waals surface area contributed by atoms with Crippen LogP contribution in [0.25, 0.3) is 0 Å². The Hall–Kier alpha value is -0.160. The van der Waals surface area contributed by atoms with Crippen LogP contribution >= 0.6 is 0 Å². The molecule has 0 aromatic carbocycles. The first-order chi connectivity index (χ1) is 18.6. The number of rotatable bonds is 32. The lowest BCUT2D eigenvalue weighted by molar-refractivity contribution is -0.0594. The number of hydrogen-bond acceptors (Lipinski definition) is 4. The highest BCUT2D eigenvalue weighted by Crippen LogP contribution is 2.14. The Morgan fingerprint density at radius 1 is 0.500 bits per heavy atom. The van der Waals surface area contributed by atoms with E-state index in [4.69, 9.17) is 9.47 Å². The van der Waals surface area contributed by atoms with Gasteiger partial charge in [-0.2, -0.15) is 0 Å². The van der Waals surface area contributed by atoms with Gasteiger partial charge < -0.3 is 19.7 Å². The van der Waals surface area contributed by atoms with E-state index in [0.717, 1.165) is 12.8 Å². The Kier molecular flexibility index (Phi) is 31.2. The molecule has 0 spiro atoms. The van der Waals surface area contributed by atoms with Crippen LogP contribution in [-0.2, 0) is 9.47 Å². The maximum atomic E-state index is 10.3. The molecular weight excluding hydrogens is 472 g/mol. The zero-order chi connectivity index (χ0) is 27.9. The van der Waals surface area contributed by atoms with Gasteiger partial charge in [0.25, 0.3) is 0 Å². The van der Waals surface area contributed by atoms with Crippen LogP contribution in [0.2, 0.25) is 0 Å². The molecule has 0 heterocycles. The predicted octanol–water partition coefficient (Wildman–Crippen LogP) is 9.74. The van der Waals surface area contributed by atoms with Crippen molar-refractivity contribution in [2.45, 2.75) is 193 Å². The fourth-order valence-electron chi connectivity index (χ4n) is 5.11. The van der Waals surface area contributed by atoms with Crippen molar-refractivity contribution in [2.24, 2.45) is 0 Å². The molecule has 3 atom stereocenters. The molecule has 0 amide bonds. The van der Waals surface area contributed by atoms with E-state index >= 15 is 0 Å². The van der Waals surface area contributed by atoms with Crippen molar-refractivity contribution < 1.29 is 19.7 Å². The van der Waals surface area contributed by atoms with Crippen LogP contribution in [0.3, 0.4) is 0 Å². The highest BCUT2D eigenvalue weighted by molar-refractivity contribution is 4.74. The van der Waals surface area contributed by atoms with Crippen LogP contribution in [0.4, 0.5) is 0 Å². The van der Waals surface area contributed by atoms with Gasteiger partial charge in [-0.25, -0.2) is 0 Å². The van der Waals surface area contributed by atoms with Gasteiger partial charge in [-0.3, -0.25) is 0 Å². The summed E-state index contributed by atoms with van der Waals surface area (Å²) in [6.07, 6.45) is 30.3. The predicted molar refractivity (Wildman–Crippen MR) is 165 cm³/mol. The summed E-state index contributed by atoms with van der Waals surface area (Å²) in [6, 6.07) is 0. The Balaban J connectivity index is 3.52. The normalized spacial score (nSPS) is 14.1. The molecule has 0 bridgehead atoms. The van der Waals surface area contributed by atoms with Crippen molar-refractivity contribution in [2.75, 3.05) is 19.8 Å². The molecule has 0 saturated heterocycles. The standard InChI is InChI=1S/C34H69O4/c1-4-6-8-10-12-14-16-18-20-22-24-26-28-37-31-33(36)30-34(32(3)35)38-29-27-25-23-21-19-17-15-13-11-9-7-5-2/h32-36H,3-31H2,1-2H3. The van der Waals surface area contributed by atoms with E-state index in [9.17, 15) is 10.2 Å². The minimum absolute atomic E-state index is 0.309. The van der Waals surface area contributed by atoms with Gasteiger partial charge in [0.05, 0.1) is 24.9 Å². The molecule has 38 heavy (non-hydrogen) atoms. The van der Waals surface area contributed by atoms with Crippen LogP contribution in [0.5, 0.6) is 0 Å². The largest absolute Gasteiger partial charge is 0.391 e. The first-order valence-corrected chi connectivity index (χ1v) is 17.0. The third kappa shape index (κ3) is 28.8. The molecule has 0 rings (SSSR count). The van der Waals surface area contributed by atoms with E-state index in [0.29, 0.717) is 26.2 Å². The molecule has 0 aromatic rings. The van der Waals surface area contributed by atoms with Crippen molar-refractivity contribution in [3.8, 4) is 0 Å². The summed E-state index contributed by atoms with van der Waals surface area (Å²) in [5.41, 5.74) is 0. The van der Waals surface area contributed by atoms with Crippen molar-refractivity contribution >= 4 is 0 Å². The van der Waals surface area contributed by atoms with Crippen LogP contribution in [-0.4, -0.2) is 48.3 Å². The van der Waals surface area contributed by atoms with Gasteiger partial charge in [0, 0.05) is 19.6 Å². The quantitative estimate of drug-likeness (QED) is 0.0832. The second kappa shape index (κ2) is 31.4. The van der Waals surface area contributed by atoms with Gasteiger partial charge in [-0.15, -0.1) is 0 Å². The lowest BCUT2D eigenvalue weighted by Gasteiger charge is -2.23. The fourth-order valence-corrected chi connectivity index (χ4v) is 5.11. The highest BCUT2D eigenvalue weighted by Gasteiger charge is 2.20. The Bertz CT molecular complexity index is 429. The summed E-state index contributed by atoms with van der Waals surface area (Å²) in [5, 5.41) is 20.3. The average Bonchev–Trinajstić information content (AvgIpc) is 2.90. The first-order valence-electron chi connectivity index (χ1n) is 17.0. The zero-order valence-electron chi connectivity index (χ0n) is 25.9. The molecule has 0 aromatic heterocycles. The molecule has 0 aliphatic heterocycles. The van der Waals surface area contributed by atoms with Crippen LogP contribution in [0.15, 0.2) is 0 Å². The lowest BCUT2D eigenvalue weighted by atomic mass is 10.1. The topological polar surface area (TPSA) is 58.9 Å².